The summed E-state index contributed by atoms with van der Waals surface area (Å²) in [5.74, 6) is -0.0857. The third-order valence-electron chi connectivity index (χ3n) is 2.29. The molecule has 0 fully saturated rings. The van der Waals surface area contributed by atoms with Crippen molar-refractivity contribution in [3.63, 3.8) is 0 Å². The number of hydrogen-bond donors (Lipinski definition) is 1. The zero-order chi connectivity index (χ0) is 11.8. The lowest BCUT2D eigenvalue weighted by Gasteiger charge is -2.15. The maximum atomic E-state index is 11.5. The zero-order valence-electron chi connectivity index (χ0n) is 9.57. The Kier molecular flexibility index (Phi) is 5.39. The molecule has 0 atom stereocenters. The molecule has 0 saturated carbocycles. The molecule has 5 heteroatoms. The molecule has 0 saturated heterocycles. The monoisotopic (exact) mass is 226 g/mol. The Labute approximate surface area is 95.4 Å². The molecule has 1 heterocycles. The van der Waals surface area contributed by atoms with E-state index in [2.05, 4.69) is 5.32 Å². The summed E-state index contributed by atoms with van der Waals surface area (Å²) in [5, 5.41) is 2.44. The SMILES string of the molecule is CCCCOC(=O)NCC(=O)N1CC=CC1. The molecule has 0 aromatic heterocycles. The van der Waals surface area contributed by atoms with Crippen molar-refractivity contribution in [3.05, 3.63) is 12.2 Å². The second kappa shape index (κ2) is 6.87. The van der Waals surface area contributed by atoms with Crippen molar-refractivity contribution in [1.29, 1.82) is 0 Å². The van der Waals surface area contributed by atoms with Crippen molar-refractivity contribution >= 4 is 12.0 Å². The summed E-state index contributed by atoms with van der Waals surface area (Å²) in [5.41, 5.74) is 0. The van der Waals surface area contributed by atoms with Crippen LogP contribution in [0.4, 0.5) is 4.79 Å². The first kappa shape index (κ1) is 12.5. The first-order chi connectivity index (χ1) is 7.74. The van der Waals surface area contributed by atoms with Crippen LogP contribution in [0.2, 0.25) is 0 Å². The zero-order valence-corrected chi connectivity index (χ0v) is 9.57. The van der Waals surface area contributed by atoms with Crippen LogP contribution in [0.1, 0.15) is 19.8 Å². The van der Waals surface area contributed by atoms with Gasteiger partial charge in [-0.3, -0.25) is 4.79 Å². The predicted molar refractivity (Wildman–Crippen MR) is 60.0 cm³/mol. The molecular formula is C11H18N2O3. The summed E-state index contributed by atoms with van der Waals surface area (Å²) in [6.07, 6.45) is 5.16. The number of amides is 2. The molecular weight excluding hydrogens is 208 g/mol. The Balaban J connectivity index is 2.09. The smallest absolute Gasteiger partial charge is 0.407 e. The van der Waals surface area contributed by atoms with Crippen LogP contribution in [0.25, 0.3) is 0 Å². The summed E-state index contributed by atoms with van der Waals surface area (Å²) >= 11 is 0. The van der Waals surface area contributed by atoms with Gasteiger partial charge in [0, 0.05) is 13.1 Å². The van der Waals surface area contributed by atoms with E-state index >= 15 is 0 Å². The highest BCUT2D eigenvalue weighted by molar-refractivity contribution is 5.82. The molecule has 5 nitrogen and oxygen atoms in total. The number of carbonyl (C=O) groups excluding carboxylic acids is 2. The first-order valence-electron chi connectivity index (χ1n) is 5.57. The molecule has 0 bridgehead atoms. The van der Waals surface area contributed by atoms with E-state index < -0.39 is 6.09 Å². The van der Waals surface area contributed by atoms with Gasteiger partial charge in [-0.1, -0.05) is 25.5 Å². The Bertz CT molecular complexity index is 268. The maximum Gasteiger partial charge on any atom is 0.407 e. The number of carbonyl (C=O) groups is 2. The lowest BCUT2D eigenvalue weighted by molar-refractivity contribution is -0.128. The second-order valence-corrected chi connectivity index (χ2v) is 3.61. The topological polar surface area (TPSA) is 58.6 Å². The minimum absolute atomic E-state index is 0.00659. The van der Waals surface area contributed by atoms with Gasteiger partial charge in [0.1, 0.15) is 6.54 Å². The van der Waals surface area contributed by atoms with Gasteiger partial charge in [-0.2, -0.15) is 0 Å². The standard InChI is InChI=1S/C11H18N2O3/c1-2-3-8-16-11(15)12-9-10(14)13-6-4-5-7-13/h4-5H,2-3,6-9H2,1H3,(H,12,15). The van der Waals surface area contributed by atoms with E-state index in [4.69, 9.17) is 4.74 Å². The van der Waals surface area contributed by atoms with Crippen LogP contribution < -0.4 is 5.32 Å². The van der Waals surface area contributed by atoms with Gasteiger partial charge in [-0.05, 0) is 6.42 Å². The van der Waals surface area contributed by atoms with Crippen LogP contribution in [0.3, 0.4) is 0 Å². The lowest BCUT2D eigenvalue weighted by Crippen LogP contribution is -2.39. The van der Waals surface area contributed by atoms with Crippen molar-refractivity contribution in [3.8, 4) is 0 Å². The van der Waals surface area contributed by atoms with Gasteiger partial charge in [0.05, 0.1) is 6.61 Å². The Hall–Kier alpha value is -1.52. The van der Waals surface area contributed by atoms with Gasteiger partial charge in [0.2, 0.25) is 5.91 Å². The van der Waals surface area contributed by atoms with Gasteiger partial charge in [-0.15, -0.1) is 0 Å². The Morgan fingerprint density at radius 2 is 2.06 bits per heavy atom. The molecule has 0 spiro atoms. The van der Waals surface area contributed by atoms with Gasteiger partial charge in [0.25, 0.3) is 0 Å². The molecule has 0 unspecified atom stereocenters. The number of nitrogens with zero attached hydrogens (tertiary/aromatic N) is 1. The average Bonchev–Trinajstić information content (AvgIpc) is 2.79. The van der Waals surface area contributed by atoms with Crippen LogP contribution >= 0.6 is 0 Å². The first-order valence-corrected chi connectivity index (χ1v) is 5.57. The van der Waals surface area contributed by atoms with E-state index in [0.717, 1.165) is 12.8 Å². The summed E-state index contributed by atoms with van der Waals surface area (Å²) in [6.45, 7) is 3.69. The molecule has 1 aliphatic heterocycles. The van der Waals surface area contributed by atoms with E-state index in [1.807, 2.05) is 19.1 Å². The summed E-state index contributed by atoms with van der Waals surface area (Å²) in [7, 11) is 0. The fraction of sp³-hybridized carbons (Fsp3) is 0.636. The van der Waals surface area contributed by atoms with E-state index in [1.165, 1.54) is 0 Å². The van der Waals surface area contributed by atoms with Crippen molar-refractivity contribution in [2.24, 2.45) is 0 Å². The molecule has 0 aromatic rings. The molecule has 0 aromatic carbocycles. The fourth-order valence-electron chi connectivity index (χ4n) is 1.30. The number of unbranched alkanes of at least 4 members (excludes halogenated alkanes) is 1. The van der Waals surface area contributed by atoms with Crippen molar-refractivity contribution in [1.82, 2.24) is 10.2 Å². The molecule has 2 amide bonds. The number of hydrogen-bond acceptors (Lipinski definition) is 3. The quantitative estimate of drug-likeness (QED) is 0.560. The largest absolute Gasteiger partial charge is 0.450 e. The van der Waals surface area contributed by atoms with E-state index in [9.17, 15) is 9.59 Å². The van der Waals surface area contributed by atoms with Crippen LogP contribution in [-0.4, -0.2) is 43.1 Å². The third kappa shape index (κ3) is 4.33. The van der Waals surface area contributed by atoms with Crippen molar-refractivity contribution in [2.45, 2.75) is 19.8 Å². The third-order valence-corrected chi connectivity index (χ3v) is 2.29. The Morgan fingerprint density at radius 1 is 1.38 bits per heavy atom. The second-order valence-electron chi connectivity index (χ2n) is 3.61. The van der Waals surface area contributed by atoms with E-state index in [0.29, 0.717) is 19.7 Å². The van der Waals surface area contributed by atoms with Crippen LogP contribution in [0, 0.1) is 0 Å². The number of rotatable bonds is 5. The fourth-order valence-corrected chi connectivity index (χ4v) is 1.30. The molecule has 16 heavy (non-hydrogen) atoms. The highest BCUT2D eigenvalue weighted by Crippen LogP contribution is 1.98. The Morgan fingerprint density at radius 3 is 2.69 bits per heavy atom. The molecule has 0 radical (unpaired) electrons. The van der Waals surface area contributed by atoms with Gasteiger partial charge < -0.3 is 15.0 Å². The highest BCUT2D eigenvalue weighted by Gasteiger charge is 2.14. The molecule has 1 rings (SSSR count). The van der Waals surface area contributed by atoms with E-state index in [1.54, 1.807) is 4.90 Å². The highest BCUT2D eigenvalue weighted by atomic mass is 16.5. The normalized spacial score (nSPS) is 13.9. The molecule has 1 N–H and O–H groups in total. The molecule has 0 aliphatic carbocycles. The van der Waals surface area contributed by atoms with Crippen LogP contribution in [0.5, 0.6) is 0 Å². The summed E-state index contributed by atoms with van der Waals surface area (Å²) in [4.78, 5) is 24.3. The maximum absolute atomic E-state index is 11.5. The average molecular weight is 226 g/mol. The van der Waals surface area contributed by atoms with Gasteiger partial charge >= 0.3 is 6.09 Å². The van der Waals surface area contributed by atoms with Crippen LogP contribution in [0.15, 0.2) is 12.2 Å². The number of ether oxygens (including phenoxy) is 1. The molecule has 1 aliphatic rings. The van der Waals surface area contributed by atoms with Gasteiger partial charge in [0.15, 0.2) is 0 Å². The predicted octanol–water partition coefficient (Wildman–Crippen LogP) is 0.911. The van der Waals surface area contributed by atoms with Crippen molar-refractivity contribution in [2.75, 3.05) is 26.2 Å². The summed E-state index contributed by atoms with van der Waals surface area (Å²) < 4.78 is 4.86. The lowest BCUT2D eigenvalue weighted by atomic mass is 10.4. The molecule has 90 valence electrons. The number of nitrogens with one attached hydrogen (secondary N) is 1. The summed E-state index contributed by atoms with van der Waals surface area (Å²) in [6, 6.07) is 0. The van der Waals surface area contributed by atoms with E-state index in [-0.39, 0.29) is 12.5 Å². The van der Waals surface area contributed by atoms with Crippen LogP contribution in [-0.2, 0) is 9.53 Å². The minimum Gasteiger partial charge on any atom is -0.450 e. The van der Waals surface area contributed by atoms with Gasteiger partial charge in [-0.25, -0.2) is 4.79 Å². The minimum atomic E-state index is -0.519. The number of alkyl carbamates (subject to hydrolysis) is 1. The van der Waals surface area contributed by atoms with Crippen molar-refractivity contribution < 1.29 is 14.3 Å².